The number of allylic oxidation sites excluding steroid dienone is 1. The third-order valence-corrected chi connectivity index (χ3v) is 5.95. The third kappa shape index (κ3) is 4.31. The zero-order chi connectivity index (χ0) is 17.2. The molecule has 0 bridgehead atoms. The Hall–Kier alpha value is -0.937. The molecule has 1 saturated carbocycles. The van der Waals surface area contributed by atoms with Gasteiger partial charge < -0.3 is 0 Å². The average molecular weight is 421 g/mol. The fourth-order valence-corrected chi connectivity index (χ4v) is 4.53. The first kappa shape index (κ1) is 19.8. The van der Waals surface area contributed by atoms with E-state index in [1.54, 1.807) is 5.57 Å². The van der Waals surface area contributed by atoms with Crippen molar-refractivity contribution in [3.05, 3.63) is 70.6 Å². The number of rotatable bonds is 4. The topological polar surface area (TPSA) is 0 Å². The fraction of sp³-hybridized carbons (Fsp3) is 0.400. The zero-order valence-corrected chi connectivity index (χ0v) is 18.6. The molecule has 0 atom stereocenters. The minimum Gasteiger partial charge on any atom is -0.0613 e. The van der Waals surface area contributed by atoms with Gasteiger partial charge in [-0.1, -0.05) is 92.6 Å². The van der Waals surface area contributed by atoms with Crippen LogP contribution in [-0.4, -0.2) is 0 Å². The molecule has 2 aliphatic rings. The molecule has 0 aliphatic heterocycles. The molecule has 1 heteroatoms. The average Bonchev–Trinajstić information content (AvgIpc) is 3.04. The fourth-order valence-electron chi connectivity index (χ4n) is 4.53. The Balaban J connectivity index is 0.00000196. The molecule has 1 radical (unpaired) electrons. The van der Waals surface area contributed by atoms with Gasteiger partial charge in [-0.15, -0.1) is 0 Å². The van der Waals surface area contributed by atoms with Crippen LogP contribution in [0.15, 0.2) is 42.0 Å². The maximum Gasteiger partial charge on any atom is 0.0164 e. The minimum absolute atomic E-state index is 0. The standard InChI is InChI=1S/C25H29.Zr/c1-3-19-9-11-22(12-10-19)24-14-18(2)13-23-16-21(17-25(23)24)15-20-7-5-4-6-8-20;/h9-14,16-17,20H,3-8,15H2,1-2H3;. The molecule has 0 saturated heterocycles. The summed E-state index contributed by atoms with van der Waals surface area (Å²) in [7, 11) is 0. The van der Waals surface area contributed by atoms with E-state index in [1.807, 2.05) is 0 Å². The molecule has 2 aliphatic carbocycles. The molecule has 0 amide bonds. The van der Waals surface area contributed by atoms with E-state index in [0.29, 0.717) is 0 Å². The molecular weight excluding hydrogens is 391 g/mol. The molecule has 0 N–H and O–H groups in total. The Labute approximate surface area is 178 Å². The Bertz CT molecular complexity index is 777. The van der Waals surface area contributed by atoms with Crippen LogP contribution in [0.4, 0.5) is 0 Å². The predicted octanol–water partition coefficient (Wildman–Crippen LogP) is 7.14. The van der Waals surface area contributed by atoms with Crippen molar-refractivity contribution in [2.24, 2.45) is 5.92 Å². The summed E-state index contributed by atoms with van der Waals surface area (Å²) in [5.74, 6) is 0.902. The summed E-state index contributed by atoms with van der Waals surface area (Å²) in [4.78, 5) is 0. The van der Waals surface area contributed by atoms with E-state index < -0.39 is 0 Å². The summed E-state index contributed by atoms with van der Waals surface area (Å²) in [5.41, 5.74) is 9.90. The molecule has 2 aromatic carbocycles. The Morgan fingerprint density at radius 1 is 0.962 bits per heavy atom. The van der Waals surface area contributed by atoms with E-state index in [4.69, 9.17) is 0 Å². The van der Waals surface area contributed by atoms with Crippen LogP contribution < -0.4 is 0 Å². The largest absolute Gasteiger partial charge is 0.0613 e. The van der Waals surface area contributed by atoms with Crippen molar-refractivity contribution < 1.29 is 26.2 Å². The maximum atomic E-state index is 2.46. The Kier molecular flexibility index (Phi) is 6.73. The number of fused-ring (bicyclic) bond motifs is 1. The van der Waals surface area contributed by atoms with Crippen molar-refractivity contribution in [3.8, 4) is 11.1 Å². The summed E-state index contributed by atoms with van der Waals surface area (Å²) in [6.07, 6.45) is 14.4. The molecule has 4 rings (SSSR count). The SMILES string of the molecule is CCc1ccc(-c2cc(C)cc3c2C=C(CC2CCCCC2)[CH]3)cc1.[Zr]. The smallest absolute Gasteiger partial charge is 0.0164 e. The Morgan fingerprint density at radius 2 is 1.69 bits per heavy atom. The van der Waals surface area contributed by atoms with E-state index in [9.17, 15) is 0 Å². The maximum absolute atomic E-state index is 2.46. The number of hydrogen-bond acceptors (Lipinski definition) is 0. The quantitative estimate of drug-likeness (QED) is 0.493. The van der Waals surface area contributed by atoms with Crippen molar-refractivity contribution in [2.45, 2.75) is 58.8 Å². The molecule has 1 fully saturated rings. The van der Waals surface area contributed by atoms with Crippen LogP contribution in [0.25, 0.3) is 17.2 Å². The number of benzene rings is 2. The van der Waals surface area contributed by atoms with Gasteiger partial charge in [-0.3, -0.25) is 0 Å². The van der Waals surface area contributed by atoms with Gasteiger partial charge in [0, 0.05) is 32.6 Å². The van der Waals surface area contributed by atoms with Crippen LogP contribution in [0.2, 0.25) is 0 Å². The van der Waals surface area contributed by atoms with Crippen molar-refractivity contribution in [3.63, 3.8) is 0 Å². The molecule has 0 spiro atoms. The molecule has 0 nitrogen and oxygen atoms in total. The van der Waals surface area contributed by atoms with Gasteiger partial charge in [0.25, 0.3) is 0 Å². The Morgan fingerprint density at radius 3 is 2.38 bits per heavy atom. The van der Waals surface area contributed by atoms with Gasteiger partial charge >= 0.3 is 0 Å². The molecular formula is C25H29Zr. The van der Waals surface area contributed by atoms with Crippen LogP contribution in [0.5, 0.6) is 0 Å². The third-order valence-electron chi connectivity index (χ3n) is 5.95. The second-order valence-electron chi connectivity index (χ2n) is 7.94. The second-order valence-corrected chi connectivity index (χ2v) is 7.94. The van der Waals surface area contributed by atoms with Crippen LogP contribution in [0.1, 0.15) is 67.7 Å². The van der Waals surface area contributed by atoms with Crippen LogP contribution in [-0.2, 0) is 32.6 Å². The summed E-state index contributed by atoms with van der Waals surface area (Å²) >= 11 is 0. The second kappa shape index (κ2) is 8.83. The van der Waals surface area contributed by atoms with E-state index in [2.05, 4.69) is 62.7 Å². The van der Waals surface area contributed by atoms with Crippen molar-refractivity contribution >= 4 is 6.08 Å². The van der Waals surface area contributed by atoms with Gasteiger partial charge in [0.05, 0.1) is 0 Å². The van der Waals surface area contributed by atoms with Gasteiger partial charge in [0.2, 0.25) is 0 Å². The van der Waals surface area contributed by atoms with Crippen molar-refractivity contribution in [2.75, 3.05) is 0 Å². The zero-order valence-electron chi connectivity index (χ0n) is 16.1. The molecule has 2 aromatic rings. The van der Waals surface area contributed by atoms with Crippen LogP contribution in [0.3, 0.4) is 0 Å². The summed E-state index contributed by atoms with van der Waals surface area (Å²) in [5, 5.41) is 0. The number of aryl methyl sites for hydroxylation is 2. The summed E-state index contributed by atoms with van der Waals surface area (Å²) in [6.45, 7) is 4.44. The van der Waals surface area contributed by atoms with E-state index in [-0.39, 0.29) is 26.2 Å². The molecule has 0 unspecified atom stereocenters. The number of hydrogen-bond donors (Lipinski definition) is 0. The summed E-state index contributed by atoms with van der Waals surface area (Å²) in [6, 6.07) is 13.8. The molecule has 133 valence electrons. The van der Waals surface area contributed by atoms with Gasteiger partial charge in [-0.25, -0.2) is 0 Å². The monoisotopic (exact) mass is 419 g/mol. The van der Waals surface area contributed by atoms with E-state index >= 15 is 0 Å². The first-order chi connectivity index (χ1) is 12.2. The normalized spacial score (nSPS) is 16.8. The molecule has 0 aromatic heterocycles. The van der Waals surface area contributed by atoms with Gasteiger partial charge in [-0.2, -0.15) is 0 Å². The first-order valence-corrected chi connectivity index (χ1v) is 10.0. The van der Waals surface area contributed by atoms with Gasteiger partial charge in [0.1, 0.15) is 0 Å². The van der Waals surface area contributed by atoms with Crippen molar-refractivity contribution in [1.82, 2.24) is 0 Å². The first-order valence-electron chi connectivity index (χ1n) is 10.0. The van der Waals surface area contributed by atoms with E-state index in [0.717, 1.165) is 12.3 Å². The van der Waals surface area contributed by atoms with Crippen LogP contribution >= 0.6 is 0 Å². The summed E-state index contributed by atoms with van der Waals surface area (Å²) < 4.78 is 0. The van der Waals surface area contributed by atoms with E-state index in [1.165, 1.54) is 71.9 Å². The minimum atomic E-state index is 0. The van der Waals surface area contributed by atoms with Crippen LogP contribution in [0, 0.1) is 19.3 Å². The molecule has 0 heterocycles. The molecule has 26 heavy (non-hydrogen) atoms. The predicted molar refractivity (Wildman–Crippen MR) is 109 cm³/mol. The van der Waals surface area contributed by atoms with Gasteiger partial charge in [-0.05, 0) is 53.5 Å². The van der Waals surface area contributed by atoms with Crippen molar-refractivity contribution in [1.29, 1.82) is 0 Å². The van der Waals surface area contributed by atoms with Gasteiger partial charge in [0.15, 0.2) is 0 Å².